The molecule has 11 amide bonds. The highest BCUT2D eigenvalue weighted by Crippen LogP contribution is 2.13. The molecule has 15 N–H and O–H groups in total. The normalized spacial score (nSPS) is 13.5. The number of nitrogens with one attached hydrogen (secondary N) is 12. The second-order valence-corrected chi connectivity index (χ2v) is 23.1. The number of aliphatic hydroxyl groups is 1. The number of aryl methyl sites for hydroxylation is 1. The highest BCUT2D eigenvalue weighted by atomic mass is 16.5. The van der Waals surface area contributed by atoms with Crippen LogP contribution in [0.2, 0.25) is 0 Å². The maximum absolute atomic E-state index is 11.0. The number of aromatic nitrogens is 12. The van der Waals surface area contributed by atoms with Crippen LogP contribution in [0.15, 0.2) is 45.5 Å². The van der Waals surface area contributed by atoms with Crippen molar-refractivity contribution in [1.82, 2.24) is 124 Å². The number of nitrogens with zero attached hydrogens (tertiary/aromatic N) is 12. The quantitative estimate of drug-likeness (QED) is 0.0186. The number of morpholine rings is 1. The van der Waals surface area contributed by atoms with Crippen molar-refractivity contribution in [2.24, 2.45) is 30.5 Å². The molecule has 2 unspecified atom stereocenters. The van der Waals surface area contributed by atoms with E-state index in [1.165, 1.54) is 62.5 Å². The van der Waals surface area contributed by atoms with Gasteiger partial charge in [0.1, 0.15) is 6.33 Å². The maximum atomic E-state index is 11.0. The SMILES string of the molecule is C1CCNC1.CC(C)CCNC=O.CC(C)CNC=O.CCC(C)NC=O.CCCCN1CCCC1=O.CCNC=O.CNC=O.COCC(COC)NC=O.COCCNC=O.Cn1cnnn1.NC=O.O=CN1CCOCC1.O=CNCC1CCOCC1.O=c1[nH]nco1.OC1CCNC1.c1nn[nH]n1.c1nnco1. The maximum Gasteiger partial charge on any atom is 0.434 e. The summed E-state index contributed by atoms with van der Waals surface area (Å²) in [5.74, 6) is 1.72. The molecule has 650 valence electrons. The highest BCUT2D eigenvalue weighted by molar-refractivity contribution is 5.78. The van der Waals surface area contributed by atoms with Crippen LogP contribution in [0.3, 0.4) is 0 Å². The molecule has 45 nitrogen and oxygen atoms in total. The van der Waals surface area contributed by atoms with Crippen LogP contribution < -0.4 is 64.7 Å². The van der Waals surface area contributed by atoms with Crippen molar-refractivity contribution < 1.29 is 90.4 Å². The molecule has 4 aromatic heterocycles. The molecular formula is C67H137N25O20. The van der Waals surface area contributed by atoms with Gasteiger partial charge in [-0.25, -0.2) is 14.6 Å². The summed E-state index contributed by atoms with van der Waals surface area (Å²) in [5, 5.41) is 69.3. The van der Waals surface area contributed by atoms with Gasteiger partial charge in [-0.1, -0.05) is 53.2 Å². The Labute approximate surface area is 659 Å². The van der Waals surface area contributed by atoms with E-state index in [9.17, 15) is 47.9 Å². The van der Waals surface area contributed by atoms with E-state index in [-0.39, 0.29) is 18.6 Å². The van der Waals surface area contributed by atoms with Gasteiger partial charge >= 0.3 is 5.76 Å². The standard InChI is InChI=1S/C8H15NO.C7H13NO2.C6H13NO3.C6H13NO.C5H9NO2.2C5H11NO.C4H9NO2.C4H9NO.C4H9N.C3H7NO.C2H4N4.C2H2N2O2.C2H2N2O.C2H5NO.CH2N4.CH3NO/c1-2-3-6-9-7-4-5-8(9)10;9-6-8-5-7-1-3-10-4-2-7;1-9-3-6(4-10-2)7-5-8;1-6(2)3-4-7-5-8;7-5-6-1-3-8-4-2-6;1-5(2)3-6-4-7;1-3-5(2)6-4-7;1-7-3-2-5-4-6;6-4-1-2-5-3-4;1-2-4-5-3-1;1-2-4-3-5;1-6-2-3-4-5-6;5-2-4-3-1-6-2;1-3-4-2-5-1;1-3-2-4;1-2-4-5-3-1;2-1-3/h2-7H2,1H3;6-7H,1-5H2,(H,8,9);5-6H,3-4H2,1-2H3,(H,7,8);5-6H,3-4H2,1-2H3,(H,7,8);5H,1-4H2;2*4-5H,3H2,1-2H3,(H,6,7);4H,2-3H2,1H3,(H,5,6);4-6H,1-3H2;5H,1-4H2;3H,2H2,1H3,(H,4,5);2H,1H3;1H,(H,4,5);1-2H;2H,1H3,(H,3,4);1H,(H,2,3,4,5);1H,(H2,2,3). The first kappa shape index (κ1) is 118. The van der Waals surface area contributed by atoms with Gasteiger partial charge in [0.2, 0.25) is 89.2 Å². The molecule has 112 heavy (non-hydrogen) atoms. The third kappa shape index (κ3) is 116. The average Bonchev–Trinajstić information content (AvgIpc) is 1.79. The second-order valence-electron chi connectivity index (χ2n) is 23.1. The fourth-order valence-corrected chi connectivity index (χ4v) is 6.95. The number of unbranched alkanes of at least 4 members (excludes halogenated alkanes) is 1. The van der Waals surface area contributed by atoms with Crippen LogP contribution in [-0.4, -0.2) is 324 Å². The Balaban J connectivity index is -0.000000172. The Hall–Kier alpha value is -9.93. The molecular weight excluding hydrogens is 1470 g/mol. The molecule has 4 aromatic rings. The van der Waals surface area contributed by atoms with Gasteiger partial charge in [0.05, 0.1) is 45.2 Å². The van der Waals surface area contributed by atoms with Crippen LogP contribution in [-0.2, 0) is 83.5 Å². The van der Waals surface area contributed by atoms with Gasteiger partial charge in [0, 0.05) is 127 Å². The van der Waals surface area contributed by atoms with E-state index in [1.54, 1.807) is 40.3 Å². The van der Waals surface area contributed by atoms with Gasteiger partial charge < -0.3 is 106 Å². The van der Waals surface area contributed by atoms with Crippen molar-refractivity contribution in [3.05, 3.63) is 42.4 Å². The van der Waals surface area contributed by atoms with Crippen LogP contribution in [0.25, 0.3) is 0 Å². The molecule has 0 aliphatic carbocycles. The molecule has 5 fully saturated rings. The summed E-state index contributed by atoms with van der Waals surface area (Å²) in [6.45, 7) is 32.5. The molecule has 9 rings (SSSR count). The summed E-state index contributed by atoms with van der Waals surface area (Å²) < 4.78 is 34.4. The number of aromatic amines is 2. The van der Waals surface area contributed by atoms with Crippen LogP contribution >= 0.6 is 0 Å². The summed E-state index contributed by atoms with van der Waals surface area (Å²) in [7, 11) is 8.07. The molecule has 0 bridgehead atoms. The number of hydrogen-bond acceptors (Lipinski definition) is 31. The molecule has 0 spiro atoms. The highest BCUT2D eigenvalue weighted by Gasteiger charge is 2.18. The Morgan fingerprint density at radius 1 is 0.670 bits per heavy atom. The summed E-state index contributed by atoms with van der Waals surface area (Å²) in [6, 6.07) is 0.296. The van der Waals surface area contributed by atoms with Crippen LogP contribution in [0.4, 0.5) is 0 Å². The molecule has 0 saturated carbocycles. The number of hydrogen-bond donors (Lipinski definition) is 14. The number of ether oxygens (including phenoxy) is 5. The minimum atomic E-state index is -0.519. The zero-order chi connectivity index (χ0) is 85.7. The van der Waals surface area contributed by atoms with Gasteiger partial charge in [0.25, 0.3) is 0 Å². The monoisotopic (exact) mass is 1610 g/mol. The van der Waals surface area contributed by atoms with E-state index in [1.807, 2.05) is 30.8 Å². The first-order valence-electron chi connectivity index (χ1n) is 36.4. The summed E-state index contributed by atoms with van der Waals surface area (Å²) in [6.07, 6.45) is 25.2. The first-order chi connectivity index (χ1) is 54.2. The van der Waals surface area contributed by atoms with Crippen LogP contribution in [0.5, 0.6) is 0 Å². The molecule has 2 atom stereocenters. The molecule has 5 saturated heterocycles. The van der Waals surface area contributed by atoms with E-state index in [0.717, 1.165) is 168 Å². The Morgan fingerprint density at radius 2 is 1.26 bits per heavy atom. The number of amides is 11. The van der Waals surface area contributed by atoms with Gasteiger partial charge in [0.15, 0.2) is 6.33 Å². The molecule has 45 heteroatoms. The van der Waals surface area contributed by atoms with Crippen LogP contribution in [0, 0.1) is 17.8 Å². The largest absolute Gasteiger partial charge is 0.434 e. The number of nitrogens with two attached hydrogens (primary N) is 1. The third-order valence-electron chi connectivity index (χ3n) is 12.8. The number of tetrazole rings is 2. The second kappa shape index (κ2) is 107. The summed E-state index contributed by atoms with van der Waals surface area (Å²) >= 11 is 0. The topological polar surface area (TPSA) is 603 Å². The average molecular weight is 1610 g/mol. The fraction of sp³-hybridized carbons (Fsp3) is 0.746. The number of methoxy groups -OCH3 is 3. The molecule has 5 aliphatic rings. The number of β-amino-alcohol motifs (C(OH)–C–C–N with tert-alkyl or cyclic N) is 1. The summed E-state index contributed by atoms with van der Waals surface area (Å²) in [4.78, 5) is 120. The Morgan fingerprint density at radius 3 is 1.54 bits per heavy atom. The third-order valence-corrected chi connectivity index (χ3v) is 12.8. The van der Waals surface area contributed by atoms with Crippen molar-refractivity contribution in [3.8, 4) is 0 Å². The Kier molecular flexibility index (Phi) is 113. The van der Waals surface area contributed by atoms with Gasteiger partial charge in [-0.3, -0.25) is 52.7 Å². The lowest BCUT2D eigenvalue weighted by Gasteiger charge is -2.21. The van der Waals surface area contributed by atoms with E-state index in [4.69, 9.17) is 33.6 Å². The van der Waals surface area contributed by atoms with Crippen LogP contribution in [0.1, 0.15) is 126 Å². The zero-order valence-electron chi connectivity index (χ0n) is 68.2. The van der Waals surface area contributed by atoms with E-state index < -0.39 is 5.76 Å². The number of primary amides is 1. The molecule has 9 heterocycles. The number of rotatable bonds is 30. The molecule has 0 aromatic carbocycles. The lowest BCUT2D eigenvalue weighted by Crippen LogP contribution is -2.35. The van der Waals surface area contributed by atoms with E-state index in [0.29, 0.717) is 94.9 Å². The number of carbonyl (C=O) groups excluding carboxylic acids is 11. The summed E-state index contributed by atoms with van der Waals surface area (Å²) in [5.41, 5.74) is 4.17. The van der Waals surface area contributed by atoms with E-state index >= 15 is 0 Å². The predicted molar refractivity (Wildman–Crippen MR) is 416 cm³/mol. The minimum absolute atomic E-state index is 0.0347. The van der Waals surface area contributed by atoms with Crippen molar-refractivity contribution in [1.29, 1.82) is 0 Å². The van der Waals surface area contributed by atoms with Gasteiger partial charge in [-0.2, -0.15) is 5.21 Å². The number of carbonyl (C=O) groups is 11. The lowest BCUT2D eigenvalue weighted by atomic mass is 10.0. The zero-order valence-corrected chi connectivity index (χ0v) is 68.2. The van der Waals surface area contributed by atoms with Crippen molar-refractivity contribution in [3.63, 3.8) is 0 Å². The fourth-order valence-electron chi connectivity index (χ4n) is 6.95. The molecule has 5 aliphatic heterocycles. The number of H-pyrrole nitrogens is 2. The Bertz CT molecular complexity index is 2410. The smallest absolute Gasteiger partial charge is 0.431 e. The minimum Gasteiger partial charge on any atom is -0.431 e. The lowest BCUT2D eigenvalue weighted by molar-refractivity contribution is -0.128. The van der Waals surface area contributed by atoms with Crippen molar-refractivity contribution in [2.75, 3.05) is 160 Å². The predicted octanol–water partition coefficient (Wildman–Crippen LogP) is -2.72. The van der Waals surface area contributed by atoms with E-state index in [2.05, 4.69) is 159 Å². The number of likely N-dealkylation sites (tertiary alicyclic amines) is 1. The van der Waals surface area contributed by atoms with Gasteiger partial charge in [-0.05, 0) is 119 Å². The van der Waals surface area contributed by atoms with Crippen molar-refractivity contribution >= 4 is 70.0 Å². The first-order valence-corrected chi connectivity index (χ1v) is 36.4. The van der Waals surface area contributed by atoms with Gasteiger partial charge in [-0.15, -0.1) is 30.6 Å². The molecule has 0 radical (unpaired) electrons. The van der Waals surface area contributed by atoms with Crippen molar-refractivity contribution in [2.45, 2.75) is 144 Å². The number of aliphatic hydroxyl groups excluding tert-OH is 1.